The number of hydrogen-bond donors (Lipinski definition) is 1. The molecule has 0 aliphatic carbocycles. The molecule has 0 amide bonds. The van der Waals surface area contributed by atoms with Crippen LogP contribution in [0.5, 0.6) is 0 Å². The van der Waals surface area contributed by atoms with E-state index >= 15 is 0 Å². The molecule has 16 heavy (non-hydrogen) atoms. The highest BCUT2D eigenvalue weighted by atomic mass is 19.1. The van der Waals surface area contributed by atoms with Crippen LogP contribution in [0.4, 0.5) is 8.78 Å². The van der Waals surface area contributed by atoms with Gasteiger partial charge in [0, 0.05) is 19.8 Å². The first-order valence-corrected chi connectivity index (χ1v) is 5.24. The Hall–Kier alpha value is -1.00. The molecule has 0 bridgehead atoms. The van der Waals surface area contributed by atoms with Crippen molar-refractivity contribution in [2.45, 2.75) is 25.4 Å². The number of halogens is 2. The zero-order chi connectivity index (χ0) is 12.0. The van der Waals surface area contributed by atoms with E-state index in [1.807, 2.05) is 0 Å². The molecule has 1 N–H and O–H groups in total. The minimum atomic E-state index is -0.612. The zero-order valence-corrected chi connectivity index (χ0v) is 9.25. The second-order valence-electron chi connectivity index (χ2n) is 3.77. The summed E-state index contributed by atoms with van der Waals surface area (Å²) in [7, 11) is 1.59. The lowest BCUT2D eigenvalue weighted by Gasteiger charge is -2.10. The predicted molar refractivity (Wildman–Crippen MR) is 57.2 cm³/mol. The van der Waals surface area contributed by atoms with Crippen LogP contribution >= 0.6 is 0 Å². The van der Waals surface area contributed by atoms with Gasteiger partial charge in [-0.2, -0.15) is 0 Å². The molecular weight excluding hydrogens is 214 g/mol. The minimum Gasteiger partial charge on any atom is -0.393 e. The first-order chi connectivity index (χ1) is 7.61. The fraction of sp³-hybridized carbons (Fsp3) is 0.500. The van der Waals surface area contributed by atoms with Crippen molar-refractivity contribution < 1.29 is 18.6 Å². The third-order valence-corrected chi connectivity index (χ3v) is 2.28. The highest BCUT2D eigenvalue weighted by Gasteiger charge is 2.07. The van der Waals surface area contributed by atoms with Crippen LogP contribution < -0.4 is 0 Å². The van der Waals surface area contributed by atoms with Crippen molar-refractivity contribution in [2.24, 2.45) is 0 Å². The van der Waals surface area contributed by atoms with Crippen molar-refractivity contribution in [3.05, 3.63) is 35.4 Å². The first kappa shape index (κ1) is 13.1. The van der Waals surface area contributed by atoms with E-state index in [9.17, 15) is 13.9 Å². The van der Waals surface area contributed by atoms with Gasteiger partial charge >= 0.3 is 0 Å². The smallest absolute Gasteiger partial charge is 0.126 e. The molecule has 1 aromatic carbocycles. The maximum Gasteiger partial charge on any atom is 0.126 e. The van der Waals surface area contributed by atoms with E-state index in [1.54, 1.807) is 7.11 Å². The van der Waals surface area contributed by atoms with Crippen molar-refractivity contribution >= 4 is 0 Å². The highest BCUT2D eigenvalue weighted by molar-refractivity contribution is 5.18. The molecule has 0 saturated heterocycles. The van der Waals surface area contributed by atoms with Crippen molar-refractivity contribution in [2.75, 3.05) is 13.7 Å². The number of aliphatic hydroxyl groups is 1. The molecule has 0 spiro atoms. The zero-order valence-electron chi connectivity index (χ0n) is 9.25. The van der Waals surface area contributed by atoms with Gasteiger partial charge in [-0.1, -0.05) is 0 Å². The van der Waals surface area contributed by atoms with E-state index in [4.69, 9.17) is 4.74 Å². The Kier molecular flexibility index (Phi) is 5.35. The van der Waals surface area contributed by atoms with Crippen LogP contribution in [0.1, 0.15) is 18.4 Å². The third-order valence-electron chi connectivity index (χ3n) is 2.28. The number of hydrogen-bond acceptors (Lipinski definition) is 2. The van der Waals surface area contributed by atoms with Gasteiger partial charge < -0.3 is 9.84 Å². The maximum atomic E-state index is 12.8. The monoisotopic (exact) mass is 230 g/mol. The number of methoxy groups -OCH3 is 1. The Morgan fingerprint density at radius 1 is 1.25 bits per heavy atom. The van der Waals surface area contributed by atoms with Crippen LogP contribution in [0.3, 0.4) is 0 Å². The average molecular weight is 230 g/mol. The van der Waals surface area contributed by atoms with Crippen molar-refractivity contribution in [1.82, 2.24) is 0 Å². The Balaban J connectivity index is 2.45. The van der Waals surface area contributed by atoms with E-state index in [0.717, 1.165) is 12.5 Å². The van der Waals surface area contributed by atoms with Crippen LogP contribution in [0.25, 0.3) is 0 Å². The van der Waals surface area contributed by atoms with Crippen LogP contribution in [0.15, 0.2) is 18.2 Å². The van der Waals surface area contributed by atoms with E-state index in [-0.39, 0.29) is 6.42 Å². The summed E-state index contributed by atoms with van der Waals surface area (Å²) in [6.07, 6.45) is 0.969. The molecular formula is C12H16F2O2. The predicted octanol–water partition coefficient (Wildman–Crippen LogP) is 2.29. The van der Waals surface area contributed by atoms with Crippen molar-refractivity contribution in [1.29, 1.82) is 0 Å². The lowest BCUT2D eigenvalue weighted by atomic mass is 10.0. The molecule has 1 aromatic rings. The Morgan fingerprint density at radius 2 is 1.88 bits per heavy atom. The Labute approximate surface area is 93.9 Å². The first-order valence-electron chi connectivity index (χ1n) is 5.24. The molecule has 0 heterocycles. The molecule has 1 atom stereocenters. The molecule has 90 valence electrons. The number of benzene rings is 1. The summed E-state index contributed by atoms with van der Waals surface area (Å²) in [5.74, 6) is -1.22. The Morgan fingerprint density at radius 3 is 2.44 bits per heavy atom. The van der Waals surface area contributed by atoms with Gasteiger partial charge in [0.1, 0.15) is 11.6 Å². The van der Waals surface area contributed by atoms with Crippen molar-refractivity contribution in [3.63, 3.8) is 0 Å². The van der Waals surface area contributed by atoms with Crippen LogP contribution in [0.2, 0.25) is 0 Å². The summed E-state index contributed by atoms with van der Waals surface area (Å²) in [5.41, 5.74) is 0.474. The summed E-state index contributed by atoms with van der Waals surface area (Å²) in [4.78, 5) is 0. The quantitative estimate of drug-likeness (QED) is 0.760. The topological polar surface area (TPSA) is 29.5 Å². The van der Waals surface area contributed by atoms with E-state index in [0.29, 0.717) is 18.6 Å². The van der Waals surface area contributed by atoms with Crippen molar-refractivity contribution in [3.8, 4) is 0 Å². The molecule has 0 aliphatic rings. The average Bonchev–Trinajstić information content (AvgIpc) is 2.16. The van der Waals surface area contributed by atoms with E-state index < -0.39 is 17.7 Å². The lowest BCUT2D eigenvalue weighted by Crippen LogP contribution is -2.11. The highest BCUT2D eigenvalue weighted by Crippen LogP contribution is 2.12. The lowest BCUT2D eigenvalue weighted by molar-refractivity contribution is 0.135. The molecule has 2 nitrogen and oxygen atoms in total. The molecule has 1 rings (SSSR count). The van der Waals surface area contributed by atoms with Gasteiger partial charge in [-0.15, -0.1) is 0 Å². The van der Waals surface area contributed by atoms with E-state index in [2.05, 4.69) is 0 Å². The molecule has 0 saturated carbocycles. The minimum absolute atomic E-state index is 0.262. The van der Waals surface area contributed by atoms with Gasteiger partial charge in [-0.3, -0.25) is 0 Å². The maximum absolute atomic E-state index is 12.8. The summed E-state index contributed by atoms with van der Waals surface area (Å²) in [6.45, 7) is 0.578. The molecule has 0 aliphatic heterocycles. The summed E-state index contributed by atoms with van der Waals surface area (Å²) in [6, 6.07) is 3.30. The fourth-order valence-corrected chi connectivity index (χ4v) is 1.57. The Bertz CT molecular complexity index is 309. The largest absolute Gasteiger partial charge is 0.393 e. The SMILES string of the molecule is COCCCC(O)Cc1cc(F)cc(F)c1. The normalized spacial score (nSPS) is 12.8. The van der Waals surface area contributed by atoms with E-state index in [1.165, 1.54) is 12.1 Å². The van der Waals surface area contributed by atoms with Gasteiger partial charge in [0.2, 0.25) is 0 Å². The number of rotatable bonds is 6. The van der Waals surface area contributed by atoms with Gasteiger partial charge in [0.05, 0.1) is 6.10 Å². The summed E-state index contributed by atoms with van der Waals surface area (Å²) in [5, 5.41) is 9.61. The molecule has 0 aromatic heterocycles. The molecule has 1 unspecified atom stereocenters. The second kappa shape index (κ2) is 6.55. The summed E-state index contributed by atoms with van der Waals surface area (Å²) < 4.78 is 30.5. The van der Waals surface area contributed by atoms with Crippen LogP contribution in [0, 0.1) is 11.6 Å². The summed E-state index contributed by atoms with van der Waals surface area (Å²) >= 11 is 0. The third kappa shape index (κ3) is 4.68. The van der Waals surface area contributed by atoms with Crippen LogP contribution in [-0.2, 0) is 11.2 Å². The number of aliphatic hydroxyl groups excluding tert-OH is 1. The fourth-order valence-electron chi connectivity index (χ4n) is 1.57. The van der Waals surface area contributed by atoms with Gasteiger partial charge in [0.15, 0.2) is 0 Å². The van der Waals surface area contributed by atoms with Gasteiger partial charge in [-0.05, 0) is 37.0 Å². The molecule has 0 fully saturated rings. The van der Waals surface area contributed by atoms with Gasteiger partial charge in [0.25, 0.3) is 0 Å². The van der Waals surface area contributed by atoms with Gasteiger partial charge in [-0.25, -0.2) is 8.78 Å². The van der Waals surface area contributed by atoms with Crippen LogP contribution in [-0.4, -0.2) is 24.9 Å². The standard InChI is InChI=1S/C12H16F2O2/c1-16-4-2-3-12(15)7-9-5-10(13)8-11(14)6-9/h5-6,8,12,15H,2-4,7H2,1H3. The number of ether oxygens (including phenoxy) is 1. The molecule has 0 radical (unpaired) electrons. The molecule has 4 heteroatoms. The second-order valence-corrected chi connectivity index (χ2v) is 3.77.